The lowest BCUT2D eigenvalue weighted by molar-refractivity contribution is 0.312. The van der Waals surface area contributed by atoms with Gasteiger partial charge in [-0.25, -0.2) is 9.98 Å². The lowest BCUT2D eigenvalue weighted by Gasteiger charge is -2.33. The number of guanidine groups is 1. The van der Waals surface area contributed by atoms with Gasteiger partial charge in [-0.2, -0.15) is 0 Å². The van der Waals surface area contributed by atoms with Crippen LogP contribution in [0.25, 0.3) is 0 Å². The highest BCUT2D eigenvalue weighted by Crippen LogP contribution is 2.15. The lowest BCUT2D eigenvalue weighted by atomic mass is 10.2. The molecule has 1 aliphatic rings. The van der Waals surface area contributed by atoms with Crippen LogP contribution in [0.3, 0.4) is 0 Å². The summed E-state index contributed by atoms with van der Waals surface area (Å²) in [4.78, 5) is 13.6. The summed E-state index contributed by atoms with van der Waals surface area (Å²) in [6.07, 6.45) is 1.85. The zero-order valence-electron chi connectivity index (χ0n) is 14.9. The number of hydrogen-bond acceptors (Lipinski definition) is 4. The zero-order valence-corrected chi connectivity index (χ0v) is 14.9. The van der Waals surface area contributed by atoms with E-state index in [9.17, 15) is 0 Å². The van der Waals surface area contributed by atoms with Crippen LogP contribution in [0.2, 0.25) is 0 Å². The highest BCUT2D eigenvalue weighted by atomic mass is 15.3. The molecule has 25 heavy (non-hydrogen) atoms. The zero-order chi connectivity index (χ0) is 17.6. The topological polar surface area (TPSA) is 69.8 Å². The molecule has 2 aromatic rings. The first-order valence-corrected chi connectivity index (χ1v) is 8.62. The smallest absolute Gasteiger partial charge is 0.193 e. The normalized spacial score (nSPS) is 16.1. The molecule has 0 radical (unpaired) electrons. The van der Waals surface area contributed by atoms with Gasteiger partial charge in [0.05, 0.1) is 6.54 Å². The summed E-state index contributed by atoms with van der Waals surface area (Å²) >= 11 is 0. The van der Waals surface area contributed by atoms with E-state index >= 15 is 0 Å². The van der Waals surface area contributed by atoms with Crippen molar-refractivity contribution in [3.8, 4) is 0 Å². The fourth-order valence-corrected chi connectivity index (χ4v) is 2.85. The largest absolute Gasteiger partial charge is 0.370 e. The Kier molecular flexibility index (Phi) is 5.50. The van der Waals surface area contributed by atoms with Crippen molar-refractivity contribution in [2.75, 3.05) is 43.4 Å². The van der Waals surface area contributed by atoms with Crippen molar-refractivity contribution >= 4 is 17.5 Å². The average molecular weight is 338 g/mol. The quantitative estimate of drug-likeness (QED) is 0.660. The molecule has 0 unspecified atom stereocenters. The Morgan fingerprint density at radius 3 is 2.76 bits per heavy atom. The van der Waals surface area contributed by atoms with E-state index in [2.05, 4.69) is 51.2 Å². The molecule has 1 fully saturated rings. The second-order valence-corrected chi connectivity index (χ2v) is 6.51. The van der Waals surface area contributed by atoms with Crippen LogP contribution in [0.1, 0.15) is 11.1 Å². The Hall–Kier alpha value is -2.60. The molecule has 1 aromatic carbocycles. The number of nitrogens with two attached hydrogens (primary N) is 1. The number of anilines is 2. The van der Waals surface area contributed by atoms with Crippen molar-refractivity contribution < 1.29 is 0 Å². The summed E-state index contributed by atoms with van der Waals surface area (Å²) in [5, 5.41) is 3.13. The number of aliphatic imine (C=N–C) groups is 1. The third-order valence-corrected chi connectivity index (χ3v) is 4.36. The van der Waals surface area contributed by atoms with Gasteiger partial charge in [-0.3, -0.25) is 0 Å². The molecule has 0 aliphatic carbocycles. The maximum atomic E-state index is 6.01. The molecule has 0 saturated carbocycles. The summed E-state index contributed by atoms with van der Waals surface area (Å²) in [6, 6.07) is 12.2. The van der Waals surface area contributed by atoms with Gasteiger partial charge in [0, 0.05) is 38.1 Å². The van der Waals surface area contributed by atoms with Gasteiger partial charge in [0.1, 0.15) is 5.82 Å². The van der Waals surface area contributed by atoms with Crippen LogP contribution < -0.4 is 16.0 Å². The van der Waals surface area contributed by atoms with E-state index in [-0.39, 0.29) is 0 Å². The predicted molar refractivity (Wildman–Crippen MR) is 104 cm³/mol. The van der Waals surface area contributed by atoms with Gasteiger partial charge in [-0.15, -0.1) is 0 Å². The van der Waals surface area contributed by atoms with Gasteiger partial charge in [-0.1, -0.05) is 12.1 Å². The molecule has 0 atom stereocenters. The number of piperazine rings is 1. The van der Waals surface area contributed by atoms with Gasteiger partial charge < -0.3 is 20.9 Å². The number of aromatic nitrogens is 1. The van der Waals surface area contributed by atoms with Crippen molar-refractivity contribution in [2.24, 2.45) is 10.7 Å². The predicted octanol–water partition coefficient (Wildman–Crippen LogP) is 2.07. The summed E-state index contributed by atoms with van der Waals surface area (Å²) in [5.74, 6) is 1.44. The Bertz CT molecular complexity index is 734. The molecule has 0 amide bonds. The van der Waals surface area contributed by atoms with E-state index in [4.69, 9.17) is 5.73 Å². The molecular weight excluding hydrogens is 312 g/mol. The van der Waals surface area contributed by atoms with Crippen LogP contribution in [0.4, 0.5) is 11.5 Å². The molecule has 1 aromatic heterocycles. The number of hydrogen-bond donors (Lipinski definition) is 2. The standard InChI is InChI=1S/C19H26N6/c1-15-4-3-5-17(12-15)23-19(20)22-14-16-6-7-21-18(13-16)25-10-8-24(2)9-11-25/h3-7,12-13H,8-11,14H2,1-2H3,(H3,20,22,23). The molecule has 0 spiro atoms. The number of rotatable bonds is 4. The molecule has 6 heteroatoms. The SMILES string of the molecule is Cc1cccc(NC(N)=NCc2ccnc(N3CCN(C)CC3)c2)c1. The van der Waals surface area contributed by atoms with Gasteiger partial charge in [-0.05, 0) is 49.4 Å². The number of nitrogens with zero attached hydrogens (tertiary/aromatic N) is 4. The summed E-state index contributed by atoms with van der Waals surface area (Å²) in [7, 11) is 2.15. The second kappa shape index (κ2) is 7.98. The molecule has 3 N–H and O–H groups in total. The van der Waals surface area contributed by atoms with Gasteiger partial charge >= 0.3 is 0 Å². The number of likely N-dealkylation sites (N-methyl/N-ethyl adjacent to an activating group) is 1. The van der Waals surface area contributed by atoms with Crippen molar-refractivity contribution in [3.05, 3.63) is 53.7 Å². The first-order chi connectivity index (χ1) is 12.1. The summed E-state index contributed by atoms with van der Waals surface area (Å²) < 4.78 is 0. The van der Waals surface area contributed by atoms with Crippen molar-refractivity contribution in [2.45, 2.75) is 13.5 Å². The van der Waals surface area contributed by atoms with Crippen molar-refractivity contribution in [1.29, 1.82) is 0 Å². The minimum atomic E-state index is 0.420. The molecule has 1 aliphatic heterocycles. The van der Waals surface area contributed by atoms with E-state index in [0.29, 0.717) is 12.5 Å². The van der Waals surface area contributed by atoms with Crippen LogP contribution in [0.15, 0.2) is 47.6 Å². The van der Waals surface area contributed by atoms with Crippen LogP contribution in [0, 0.1) is 6.92 Å². The first-order valence-electron chi connectivity index (χ1n) is 8.62. The molecular formula is C19H26N6. The highest BCUT2D eigenvalue weighted by Gasteiger charge is 2.15. The Morgan fingerprint density at radius 1 is 1.20 bits per heavy atom. The van der Waals surface area contributed by atoms with E-state index in [1.54, 1.807) is 0 Å². The molecule has 3 rings (SSSR count). The van der Waals surface area contributed by atoms with E-state index < -0.39 is 0 Å². The lowest BCUT2D eigenvalue weighted by Crippen LogP contribution is -2.44. The molecule has 6 nitrogen and oxygen atoms in total. The number of benzene rings is 1. The molecule has 1 saturated heterocycles. The number of nitrogens with one attached hydrogen (secondary N) is 1. The summed E-state index contributed by atoms with van der Waals surface area (Å²) in [6.45, 7) is 6.73. The molecule has 2 heterocycles. The Balaban J connectivity index is 1.61. The van der Waals surface area contributed by atoms with Crippen LogP contribution in [-0.4, -0.2) is 49.1 Å². The van der Waals surface area contributed by atoms with E-state index in [1.807, 2.05) is 30.5 Å². The van der Waals surface area contributed by atoms with E-state index in [0.717, 1.165) is 43.2 Å². The van der Waals surface area contributed by atoms with E-state index in [1.165, 1.54) is 5.56 Å². The minimum Gasteiger partial charge on any atom is -0.370 e. The van der Waals surface area contributed by atoms with Crippen molar-refractivity contribution in [3.63, 3.8) is 0 Å². The van der Waals surface area contributed by atoms with Gasteiger partial charge in [0.2, 0.25) is 0 Å². The third kappa shape index (κ3) is 4.93. The molecule has 132 valence electrons. The summed E-state index contributed by atoms with van der Waals surface area (Å²) in [5.41, 5.74) is 9.25. The maximum Gasteiger partial charge on any atom is 0.193 e. The first kappa shape index (κ1) is 17.2. The van der Waals surface area contributed by atoms with Crippen LogP contribution >= 0.6 is 0 Å². The van der Waals surface area contributed by atoms with Gasteiger partial charge in [0.25, 0.3) is 0 Å². The fourth-order valence-electron chi connectivity index (χ4n) is 2.85. The minimum absolute atomic E-state index is 0.420. The van der Waals surface area contributed by atoms with Crippen LogP contribution in [0.5, 0.6) is 0 Å². The Labute approximate surface area is 149 Å². The number of aryl methyl sites for hydroxylation is 1. The number of pyridine rings is 1. The monoisotopic (exact) mass is 338 g/mol. The molecule has 0 bridgehead atoms. The average Bonchev–Trinajstić information content (AvgIpc) is 2.61. The van der Waals surface area contributed by atoms with Crippen molar-refractivity contribution in [1.82, 2.24) is 9.88 Å². The van der Waals surface area contributed by atoms with Gasteiger partial charge in [0.15, 0.2) is 5.96 Å². The maximum absolute atomic E-state index is 6.01. The Morgan fingerprint density at radius 2 is 2.00 bits per heavy atom. The third-order valence-electron chi connectivity index (χ3n) is 4.36. The van der Waals surface area contributed by atoms with Crippen LogP contribution in [-0.2, 0) is 6.54 Å². The highest BCUT2D eigenvalue weighted by molar-refractivity contribution is 5.92. The fraction of sp³-hybridized carbons (Fsp3) is 0.368. The second-order valence-electron chi connectivity index (χ2n) is 6.51.